The van der Waals surface area contributed by atoms with Gasteiger partial charge in [-0.05, 0) is 31.7 Å². The Kier molecular flexibility index (Phi) is 3.82. The number of ketones is 1. The predicted octanol–water partition coefficient (Wildman–Crippen LogP) is 3.17. The zero-order valence-corrected chi connectivity index (χ0v) is 11.1. The fraction of sp³-hybridized carbons (Fsp3) is 0.400. The minimum Gasteiger partial charge on any atom is -0.453 e. The number of fused-ring (bicyclic) bond motifs is 1. The van der Waals surface area contributed by atoms with Gasteiger partial charge >= 0.3 is 0 Å². The lowest BCUT2D eigenvalue weighted by atomic mass is 10.0. The van der Waals surface area contributed by atoms with E-state index < -0.39 is 0 Å². The Labute approximate surface area is 107 Å². The van der Waals surface area contributed by atoms with Gasteiger partial charge in [-0.3, -0.25) is 4.79 Å². The highest BCUT2D eigenvalue weighted by Gasteiger charge is 2.18. The second-order valence-corrected chi connectivity index (χ2v) is 4.72. The maximum atomic E-state index is 12.2. The summed E-state index contributed by atoms with van der Waals surface area (Å²) in [7, 11) is 0. The number of hydrogen-bond donors (Lipinski definition) is 1. The van der Waals surface area contributed by atoms with Crippen LogP contribution in [-0.4, -0.2) is 18.9 Å². The van der Waals surface area contributed by atoms with Crippen LogP contribution < -0.4 is 5.32 Å². The monoisotopic (exact) mass is 245 g/mol. The van der Waals surface area contributed by atoms with E-state index >= 15 is 0 Å². The average Bonchev–Trinajstić information content (AvgIpc) is 2.77. The highest BCUT2D eigenvalue weighted by molar-refractivity contribution is 5.99. The van der Waals surface area contributed by atoms with Crippen LogP contribution in [-0.2, 0) is 0 Å². The van der Waals surface area contributed by atoms with E-state index in [0.717, 1.165) is 17.5 Å². The number of rotatable bonds is 5. The Morgan fingerprint density at radius 1 is 1.39 bits per heavy atom. The molecule has 0 bridgehead atoms. The third-order valence-electron chi connectivity index (χ3n) is 3.06. The molecule has 3 heteroatoms. The lowest BCUT2D eigenvalue weighted by Crippen LogP contribution is -2.26. The fourth-order valence-corrected chi connectivity index (χ4v) is 1.98. The van der Waals surface area contributed by atoms with Gasteiger partial charge in [-0.1, -0.05) is 25.5 Å². The molecule has 0 saturated heterocycles. The third kappa shape index (κ3) is 2.62. The first-order valence-corrected chi connectivity index (χ1v) is 6.37. The van der Waals surface area contributed by atoms with Crippen LogP contribution in [0.1, 0.15) is 30.0 Å². The van der Waals surface area contributed by atoms with E-state index in [1.807, 2.05) is 45.0 Å². The number of aryl methyl sites for hydroxylation is 1. The normalized spacial score (nSPS) is 12.8. The average molecular weight is 245 g/mol. The lowest BCUT2D eigenvalue weighted by molar-refractivity contribution is 0.0903. The largest absolute Gasteiger partial charge is 0.453 e. The van der Waals surface area contributed by atoms with Gasteiger partial charge in [0.05, 0.1) is 0 Å². The first-order valence-electron chi connectivity index (χ1n) is 6.37. The second kappa shape index (κ2) is 5.36. The van der Waals surface area contributed by atoms with Crippen LogP contribution in [0.15, 0.2) is 28.7 Å². The van der Waals surface area contributed by atoms with Crippen molar-refractivity contribution in [2.24, 2.45) is 5.92 Å². The summed E-state index contributed by atoms with van der Waals surface area (Å²) in [5, 5.41) is 4.17. The number of furan rings is 1. The summed E-state index contributed by atoms with van der Waals surface area (Å²) in [6.45, 7) is 7.54. The molecule has 0 fully saturated rings. The van der Waals surface area contributed by atoms with Gasteiger partial charge < -0.3 is 9.73 Å². The maximum absolute atomic E-state index is 12.2. The number of hydrogen-bond acceptors (Lipinski definition) is 3. The fourth-order valence-electron chi connectivity index (χ4n) is 1.98. The van der Waals surface area contributed by atoms with E-state index in [0.29, 0.717) is 12.3 Å². The van der Waals surface area contributed by atoms with Crippen LogP contribution in [0.3, 0.4) is 0 Å². The van der Waals surface area contributed by atoms with Crippen molar-refractivity contribution in [1.29, 1.82) is 0 Å². The molecule has 18 heavy (non-hydrogen) atoms. The Bertz CT molecular complexity index is 557. The van der Waals surface area contributed by atoms with E-state index in [4.69, 9.17) is 4.42 Å². The quantitative estimate of drug-likeness (QED) is 0.823. The molecule has 0 aliphatic rings. The van der Waals surface area contributed by atoms with E-state index in [9.17, 15) is 4.79 Å². The molecule has 0 aliphatic carbocycles. The van der Waals surface area contributed by atoms with E-state index in [1.54, 1.807) is 0 Å². The molecule has 1 N–H and O–H groups in total. The molecule has 0 amide bonds. The van der Waals surface area contributed by atoms with Crippen LogP contribution in [0.2, 0.25) is 0 Å². The van der Waals surface area contributed by atoms with E-state index in [-0.39, 0.29) is 11.7 Å². The molecule has 0 radical (unpaired) electrons. The van der Waals surface area contributed by atoms with Crippen molar-refractivity contribution < 1.29 is 9.21 Å². The van der Waals surface area contributed by atoms with Crippen LogP contribution in [0.4, 0.5) is 0 Å². The van der Waals surface area contributed by atoms with Crippen LogP contribution in [0.25, 0.3) is 11.0 Å². The molecule has 1 heterocycles. The lowest BCUT2D eigenvalue weighted by Gasteiger charge is -2.08. The Morgan fingerprint density at radius 3 is 2.89 bits per heavy atom. The van der Waals surface area contributed by atoms with Gasteiger partial charge in [-0.25, -0.2) is 0 Å². The zero-order chi connectivity index (χ0) is 13.1. The van der Waals surface area contributed by atoms with Gasteiger partial charge in [0.1, 0.15) is 5.58 Å². The summed E-state index contributed by atoms with van der Waals surface area (Å²) >= 11 is 0. The number of nitrogens with one attached hydrogen (secondary N) is 1. The van der Waals surface area contributed by atoms with Gasteiger partial charge in [-0.15, -0.1) is 0 Å². The molecule has 2 aromatic rings. The molecule has 1 unspecified atom stereocenters. The summed E-state index contributed by atoms with van der Waals surface area (Å²) in [6, 6.07) is 7.77. The molecule has 0 saturated carbocycles. The maximum Gasteiger partial charge on any atom is 0.202 e. The molecule has 0 aliphatic heterocycles. The molecule has 1 aromatic heterocycles. The molecular formula is C15H19NO2. The number of benzene rings is 1. The van der Waals surface area contributed by atoms with Crippen molar-refractivity contribution in [2.75, 3.05) is 13.1 Å². The third-order valence-corrected chi connectivity index (χ3v) is 3.06. The van der Waals surface area contributed by atoms with E-state index in [2.05, 4.69) is 5.32 Å². The van der Waals surface area contributed by atoms with Gasteiger partial charge in [0.2, 0.25) is 5.78 Å². The van der Waals surface area contributed by atoms with Crippen molar-refractivity contribution in [3.63, 3.8) is 0 Å². The second-order valence-electron chi connectivity index (χ2n) is 4.72. The molecule has 1 aromatic carbocycles. The molecule has 96 valence electrons. The smallest absolute Gasteiger partial charge is 0.202 e. The first kappa shape index (κ1) is 12.8. The summed E-state index contributed by atoms with van der Waals surface area (Å²) in [4.78, 5) is 12.2. The predicted molar refractivity (Wildman–Crippen MR) is 73.0 cm³/mol. The summed E-state index contributed by atoms with van der Waals surface area (Å²) in [6.07, 6.45) is 0. The Balaban J connectivity index is 2.22. The highest BCUT2D eigenvalue weighted by atomic mass is 16.3. The number of carbonyl (C=O) groups excluding carboxylic acids is 1. The van der Waals surface area contributed by atoms with Gasteiger partial charge in [0, 0.05) is 17.8 Å². The van der Waals surface area contributed by atoms with Crippen molar-refractivity contribution in [3.05, 3.63) is 35.6 Å². The first-order chi connectivity index (χ1) is 8.61. The molecule has 3 nitrogen and oxygen atoms in total. The topological polar surface area (TPSA) is 42.2 Å². The SMILES string of the molecule is CCNCC(C)C(=O)c1cc2cc(C)ccc2o1. The molecule has 1 atom stereocenters. The number of carbonyl (C=O) groups is 1. The standard InChI is InChI=1S/C15H19NO2/c1-4-16-9-11(3)15(17)14-8-12-7-10(2)5-6-13(12)18-14/h5-8,11,16H,4,9H2,1-3H3. The van der Waals surface area contributed by atoms with Crippen LogP contribution in [0, 0.1) is 12.8 Å². The minimum atomic E-state index is -0.0633. The minimum absolute atomic E-state index is 0.0600. The molecule has 0 spiro atoms. The summed E-state index contributed by atoms with van der Waals surface area (Å²) in [5.74, 6) is 0.456. The highest BCUT2D eigenvalue weighted by Crippen LogP contribution is 2.22. The van der Waals surface area contributed by atoms with Crippen molar-refractivity contribution in [1.82, 2.24) is 5.32 Å². The Morgan fingerprint density at radius 2 is 2.17 bits per heavy atom. The van der Waals surface area contributed by atoms with Crippen molar-refractivity contribution in [2.45, 2.75) is 20.8 Å². The van der Waals surface area contributed by atoms with E-state index in [1.165, 1.54) is 5.56 Å². The van der Waals surface area contributed by atoms with Crippen molar-refractivity contribution in [3.8, 4) is 0 Å². The molecular weight excluding hydrogens is 226 g/mol. The molecule has 2 rings (SSSR count). The summed E-state index contributed by atoms with van der Waals surface area (Å²) in [5.41, 5.74) is 1.95. The summed E-state index contributed by atoms with van der Waals surface area (Å²) < 4.78 is 5.61. The van der Waals surface area contributed by atoms with Gasteiger partial charge in [-0.2, -0.15) is 0 Å². The van der Waals surface area contributed by atoms with Gasteiger partial charge in [0.15, 0.2) is 5.76 Å². The van der Waals surface area contributed by atoms with Crippen LogP contribution >= 0.6 is 0 Å². The van der Waals surface area contributed by atoms with Crippen molar-refractivity contribution >= 4 is 16.8 Å². The zero-order valence-electron chi connectivity index (χ0n) is 11.1. The van der Waals surface area contributed by atoms with Crippen LogP contribution in [0.5, 0.6) is 0 Å². The van der Waals surface area contributed by atoms with Gasteiger partial charge in [0.25, 0.3) is 0 Å². The number of Topliss-reactive ketones (excluding diaryl/α,β-unsaturated/α-hetero) is 1. The Hall–Kier alpha value is -1.61.